The first-order valence-electron chi connectivity index (χ1n) is 1.99. The molecule has 2 nitrogen and oxygen atoms in total. The Labute approximate surface area is 40.5 Å². The van der Waals surface area contributed by atoms with Gasteiger partial charge in [-0.05, 0) is 0 Å². The number of halogens is 1. The van der Waals surface area contributed by atoms with Gasteiger partial charge in [-0.3, -0.25) is 0 Å². The molecule has 0 fully saturated rings. The minimum atomic E-state index is -0.633. The van der Waals surface area contributed by atoms with E-state index >= 15 is 0 Å². The minimum Gasteiger partial charge on any atom is -0.491 e. The van der Waals surface area contributed by atoms with Gasteiger partial charge < -0.3 is 9.47 Å². The van der Waals surface area contributed by atoms with E-state index < -0.39 is 6.01 Å². The molecule has 1 rings (SSSR count). The largest absolute Gasteiger partial charge is 0.491 e. The van der Waals surface area contributed by atoms with Crippen molar-refractivity contribution in [2.45, 2.75) is 0 Å². The van der Waals surface area contributed by atoms with Gasteiger partial charge in [0.2, 0.25) is 0 Å². The highest BCUT2D eigenvalue weighted by Crippen LogP contribution is 2.02. The molecule has 0 saturated heterocycles. The predicted octanol–water partition coefficient (Wildman–Crippen LogP) is 0.802. The molecule has 0 atom stereocenters. The van der Waals surface area contributed by atoms with Gasteiger partial charge in [0, 0.05) is 0 Å². The van der Waals surface area contributed by atoms with Crippen LogP contribution in [0.3, 0.4) is 0 Å². The highest BCUT2D eigenvalue weighted by molar-refractivity contribution is 4.75. The first-order chi connectivity index (χ1) is 3.39. The molecular formula is C4H5FO2. The maximum atomic E-state index is 11.7. The molecule has 7 heavy (non-hydrogen) atoms. The molecule has 0 amide bonds. The van der Waals surface area contributed by atoms with E-state index in [9.17, 15) is 4.39 Å². The number of rotatable bonds is 0. The molecule has 0 bridgehead atoms. The summed E-state index contributed by atoms with van der Waals surface area (Å²) >= 11 is 0. The lowest BCUT2D eigenvalue weighted by atomic mass is 10.7. The first-order valence-corrected chi connectivity index (χ1v) is 1.99. The lowest BCUT2D eigenvalue weighted by Gasteiger charge is -2.07. The maximum Gasteiger partial charge on any atom is 0.308 e. The van der Waals surface area contributed by atoms with Crippen LogP contribution in [0.1, 0.15) is 0 Å². The molecule has 40 valence electrons. The summed E-state index contributed by atoms with van der Waals surface area (Å²) in [5.41, 5.74) is 0. The molecule has 0 radical (unpaired) electrons. The van der Waals surface area contributed by atoms with E-state index in [1.165, 1.54) is 0 Å². The molecule has 0 N–H and O–H groups in total. The van der Waals surface area contributed by atoms with Gasteiger partial charge in [0.05, 0.1) is 0 Å². The fourth-order valence-corrected chi connectivity index (χ4v) is 0.346. The minimum absolute atomic E-state index is 0.322. The quantitative estimate of drug-likeness (QED) is 0.452. The Morgan fingerprint density at radius 3 is 2.71 bits per heavy atom. The van der Waals surface area contributed by atoms with E-state index in [1.54, 1.807) is 0 Å². The molecule has 1 aliphatic heterocycles. The van der Waals surface area contributed by atoms with E-state index in [2.05, 4.69) is 9.47 Å². The van der Waals surface area contributed by atoms with Crippen LogP contribution in [0.5, 0.6) is 0 Å². The van der Waals surface area contributed by atoms with Crippen LogP contribution >= 0.6 is 0 Å². The Morgan fingerprint density at radius 2 is 2.43 bits per heavy atom. The molecule has 0 saturated carbocycles. The van der Waals surface area contributed by atoms with Crippen molar-refractivity contribution in [3.05, 3.63) is 12.3 Å². The standard InChI is InChI=1S/C4H5FO2/c5-4-3-6-1-2-7-4/h3H,1-2H2. The summed E-state index contributed by atoms with van der Waals surface area (Å²) in [6, 6.07) is -0.633. The fraction of sp³-hybridized carbons (Fsp3) is 0.500. The zero-order valence-electron chi connectivity index (χ0n) is 3.69. The van der Waals surface area contributed by atoms with Crippen molar-refractivity contribution >= 4 is 0 Å². The predicted molar refractivity (Wildman–Crippen MR) is 21.1 cm³/mol. The summed E-state index contributed by atoms with van der Waals surface area (Å²) in [4.78, 5) is 0. The van der Waals surface area contributed by atoms with Gasteiger partial charge in [-0.1, -0.05) is 0 Å². The first kappa shape index (κ1) is 4.43. The molecule has 3 heteroatoms. The van der Waals surface area contributed by atoms with Gasteiger partial charge >= 0.3 is 6.01 Å². The smallest absolute Gasteiger partial charge is 0.308 e. The maximum absolute atomic E-state index is 11.7. The van der Waals surface area contributed by atoms with Crippen molar-refractivity contribution in [3.63, 3.8) is 0 Å². The van der Waals surface area contributed by atoms with E-state index in [-0.39, 0.29) is 0 Å². The lowest BCUT2D eigenvalue weighted by Crippen LogP contribution is -2.04. The van der Waals surface area contributed by atoms with E-state index in [0.717, 1.165) is 6.26 Å². The van der Waals surface area contributed by atoms with Crippen molar-refractivity contribution in [1.82, 2.24) is 0 Å². The summed E-state index contributed by atoms with van der Waals surface area (Å²) in [5, 5.41) is 0. The number of hydrogen-bond acceptors (Lipinski definition) is 2. The Morgan fingerprint density at radius 1 is 1.57 bits per heavy atom. The van der Waals surface area contributed by atoms with E-state index in [0.29, 0.717) is 13.2 Å². The Hall–Kier alpha value is -0.730. The zero-order valence-corrected chi connectivity index (χ0v) is 3.69. The molecule has 1 aliphatic rings. The Balaban J connectivity index is 2.40. The normalized spacial score (nSPS) is 19.3. The van der Waals surface area contributed by atoms with Gasteiger partial charge in [-0.25, -0.2) is 0 Å². The zero-order chi connectivity index (χ0) is 5.11. The van der Waals surface area contributed by atoms with Crippen LogP contribution in [0.4, 0.5) is 4.39 Å². The van der Waals surface area contributed by atoms with E-state index in [4.69, 9.17) is 0 Å². The van der Waals surface area contributed by atoms with Crippen molar-refractivity contribution in [1.29, 1.82) is 0 Å². The van der Waals surface area contributed by atoms with Gasteiger partial charge in [0.25, 0.3) is 0 Å². The van der Waals surface area contributed by atoms with Gasteiger partial charge in [-0.2, -0.15) is 4.39 Å². The monoisotopic (exact) mass is 104 g/mol. The Kier molecular flexibility index (Phi) is 1.15. The summed E-state index contributed by atoms with van der Waals surface area (Å²) in [7, 11) is 0. The molecule has 0 spiro atoms. The molecule has 0 aliphatic carbocycles. The average molecular weight is 104 g/mol. The van der Waals surface area contributed by atoms with Crippen molar-refractivity contribution in [2.75, 3.05) is 13.2 Å². The van der Waals surface area contributed by atoms with Crippen LogP contribution in [0.25, 0.3) is 0 Å². The van der Waals surface area contributed by atoms with Gasteiger partial charge in [0.1, 0.15) is 13.2 Å². The number of hydrogen-bond donors (Lipinski definition) is 0. The highest BCUT2D eigenvalue weighted by Gasteiger charge is 1.99. The molecule has 0 unspecified atom stereocenters. The third kappa shape index (κ3) is 1.07. The second-order valence-corrected chi connectivity index (χ2v) is 1.14. The lowest BCUT2D eigenvalue weighted by molar-refractivity contribution is 0.0456. The second-order valence-electron chi connectivity index (χ2n) is 1.14. The number of ether oxygens (including phenoxy) is 2. The van der Waals surface area contributed by atoms with Crippen molar-refractivity contribution < 1.29 is 13.9 Å². The summed E-state index contributed by atoms with van der Waals surface area (Å²) in [5.74, 6) is 0. The summed E-state index contributed by atoms with van der Waals surface area (Å²) < 4.78 is 20.6. The van der Waals surface area contributed by atoms with E-state index in [1.807, 2.05) is 0 Å². The average Bonchev–Trinajstić information content (AvgIpc) is 1.69. The molecule has 0 aromatic carbocycles. The summed E-state index contributed by atoms with van der Waals surface area (Å²) in [6.45, 7) is 0.774. The van der Waals surface area contributed by atoms with Crippen LogP contribution < -0.4 is 0 Å². The second kappa shape index (κ2) is 1.82. The topological polar surface area (TPSA) is 18.5 Å². The van der Waals surface area contributed by atoms with Gasteiger partial charge in [-0.15, -0.1) is 0 Å². The molecule has 0 aromatic rings. The van der Waals surface area contributed by atoms with Crippen LogP contribution in [-0.4, -0.2) is 13.2 Å². The fourth-order valence-electron chi connectivity index (χ4n) is 0.346. The third-order valence-corrected chi connectivity index (χ3v) is 0.617. The van der Waals surface area contributed by atoms with Crippen LogP contribution in [-0.2, 0) is 9.47 Å². The van der Waals surface area contributed by atoms with Crippen LogP contribution in [0.15, 0.2) is 12.3 Å². The molecular weight excluding hydrogens is 99.0 g/mol. The highest BCUT2D eigenvalue weighted by atomic mass is 19.1. The van der Waals surface area contributed by atoms with Crippen molar-refractivity contribution in [3.8, 4) is 0 Å². The molecule has 1 heterocycles. The Bertz CT molecular complexity index is 89.7. The van der Waals surface area contributed by atoms with Crippen molar-refractivity contribution in [2.24, 2.45) is 0 Å². The van der Waals surface area contributed by atoms with Crippen LogP contribution in [0.2, 0.25) is 0 Å². The summed E-state index contributed by atoms with van der Waals surface area (Å²) in [6.07, 6.45) is 0.962. The van der Waals surface area contributed by atoms with Crippen LogP contribution in [0, 0.1) is 0 Å². The van der Waals surface area contributed by atoms with Gasteiger partial charge in [0.15, 0.2) is 6.26 Å². The third-order valence-electron chi connectivity index (χ3n) is 0.617. The molecule has 0 aromatic heterocycles. The SMILES string of the molecule is FC1=COCCO1.